The Balaban J connectivity index is 2.11. The van der Waals surface area contributed by atoms with Crippen LogP contribution >= 0.6 is 11.6 Å². The number of halogens is 1. The maximum atomic E-state index is 6.36. The fourth-order valence-electron chi connectivity index (χ4n) is 3.74. The van der Waals surface area contributed by atoms with Crippen molar-refractivity contribution in [2.75, 3.05) is 19.0 Å². The molecule has 1 aliphatic carbocycles. The molecule has 3 nitrogen and oxygen atoms in total. The van der Waals surface area contributed by atoms with Crippen LogP contribution in [0.4, 0.5) is 5.82 Å². The van der Waals surface area contributed by atoms with Crippen LogP contribution in [0, 0.1) is 5.92 Å². The van der Waals surface area contributed by atoms with Crippen LogP contribution in [0.3, 0.4) is 0 Å². The summed E-state index contributed by atoms with van der Waals surface area (Å²) in [6.45, 7) is 5.37. The average Bonchev–Trinajstić information content (AvgIpc) is 2.73. The second-order valence-electron chi connectivity index (χ2n) is 7.13. The van der Waals surface area contributed by atoms with E-state index in [1.807, 2.05) is 24.4 Å². The van der Waals surface area contributed by atoms with Gasteiger partial charge in [-0.2, -0.15) is 0 Å². The van der Waals surface area contributed by atoms with Crippen molar-refractivity contribution in [1.29, 1.82) is 0 Å². The molecule has 0 spiro atoms. The predicted molar refractivity (Wildman–Crippen MR) is 120 cm³/mol. The molecule has 28 heavy (non-hydrogen) atoms. The van der Waals surface area contributed by atoms with Gasteiger partial charge in [-0.15, -0.1) is 0 Å². The molecular formula is C24H29ClN2O. The van der Waals surface area contributed by atoms with Crippen LogP contribution < -0.4 is 10.1 Å². The van der Waals surface area contributed by atoms with E-state index >= 15 is 0 Å². The lowest BCUT2D eigenvalue weighted by Crippen LogP contribution is -2.09. The van der Waals surface area contributed by atoms with E-state index in [9.17, 15) is 0 Å². The average molecular weight is 397 g/mol. The maximum Gasteiger partial charge on any atom is 0.126 e. The van der Waals surface area contributed by atoms with Crippen LogP contribution in [0.5, 0.6) is 5.75 Å². The zero-order valence-electron chi connectivity index (χ0n) is 17.0. The molecule has 3 rings (SSSR count). The highest BCUT2D eigenvalue weighted by Gasteiger charge is 2.24. The summed E-state index contributed by atoms with van der Waals surface area (Å²) in [6.07, 6.45) is 10.8. The molecule has 0 saturated heterocycles. The van der Waals surface area contributed by atoms with Gasteiger partial charge in [0.05, 0.1) is 7.11 Å². The van der Waals surface area contributed by atoms with Crippen molar-refractivity contribution in [2.45, 2.75) is 39.5 Å². The summed E-state index contributed by atoms with van der Waals surface area (Å²) in [7, 11) is 1.72. The first-order valence-electron chi connectivity index (χ1n) is 10.1. The molecule has 1 heterocycles. The summed E-state index contributed by atoms with van der Waals surface area (Å²) in [5, 5.41) is 4.16. The number of rotatable bonds is 8. The predicted octanol–water partition coefficient (Wildman–Crippen LogP) is 6.85. The second kappa shape index (κ2) is 9.79. The smallest absolute Gasteiger partial charge is 0.126 e. The topological polar surface area (TPSA) is 34.1 Å². The summed E-state index contributed by atoms with van der Waals surface area (Å²) < 4.78 is 5.68. The first-order chi connectivity index (χ1) is 13.7. The lowest BCUT2D eigenvalue weighted by molar-refractivity contribution is 0.412. The van der Waals surface area contributed by atoms with Gasteiger partial charge in [0.2, 0.25) is 0 Å². The number of pyridine rings is 1. The number of anilines is 1. The van der Waals surface area contributed by atoms with E-state index in [0.717, 1.165) is 54.4 Å². The first-order valence-corrected chi connectivity index (χ1v) is 10.5. The van der Waals surface area contributed by atoms with Crippen molar-refractivity contribution < 1.29 is 4.74 Å². The van der Waals surface area contributed by atoms with E-state index in [2.05, 4.69) is 48.4 Å². The summed E-state index contributed by atoms with van der Waals surface area (Å²) in [4.78, 5) is 4.49. The monoisotopic (exact) mass is 396 g/mol. The summed E-state index contributed by atoms with van der Waals surface area (Å²) >= 11 is 6.36. The highest BCUT2D eigenvalue weighted by Crippen LogP contribution is 2.44. The van der Waals surface area contributed by atoms with Crippen molar-refractivity contribution in [3.8, 4) is 5.75 Å². The molecule has 0 bridgehead atoms. The third-order valence-corrected chi connectivity index (χ3v) is 5.49. The quantitative estimate of drug-likeness (QED) is 0.495. The van der Waals surface area contributed by atoms with Crippen molar-refractivity contribution in [2.24, 2.45) is 5.92 Å². The van der Waals surface area contributed by atoms with Crippen LogP contribution in [0.15, 0.2) is 48.7 Å². The number of benzene rings is 1. The molecule has 0 saturated carbocycles. The van der Waals surface area contributed by atoms with Crippen LogP contribution in [-0.4, -0.2) is 18.6 Å². The molecule has 0 radical (unpaired) electrons. The van der Waals surface area contributed by atoms with Gasteiger partial charge in [0, 0.05) is 23.3 Å². The van der Waals surface area contributed by atoms with E-state index < -0.39 is 0 Å². The van der Waals surface area contributed by atoms with Crippen LogP contribution in [0.1, 0.15) is 50.7 Å². The Morgan fingerprint density at radius 2 is 2.07 bits per heavy atom. The van der Waals surface area contributed by atoms with E-state index in [1.54, 1.807) is 7.11 Å². The Labute approximate surface area is 173 Å². The largest absolute Gasteiger partial charge is 0.496 e. The van der Waals surface area contributed by atoms with Gasteiger partial charge in [0.15, 0.2) is 0 Å². The number of nitrogens with one attached hydrogen (secondary N) is 1. The molecule has 0 aliphatic heterocycles. The van der Waals surface area contributed by atoms with Crippen LogP contribution in [0.2, 0.25) is 5.02 Å². The molecule has 1 unspecified atom stereocenters. The summed E-state index contributed by atoms with van der Waals surface area (Å²) in [5.74, 6) is 2.21. The standard InChI is InChI=1S/C24H29ClN2O/c1-4-6-13-26-23-15-18(12-14-27-23)20-9-7-8-17(5-2)24(20)21-16-19(25)10-11-22(21)28-3/h7,9-12,14-17H,4-6,8,13H2,1-3H3,(H,26,27). The number of methoxy groups -OCH3 is 1. The molecular weight excluding hydrogens is 368 g/mol. The van der Waals surface area contributed by atoms with Crippen LogP contribution in [-0.2, 0) is 0 Å². The fourth-order valence-corrected chi connectivity index (χ4v) is 3.92. The van der Waals surface area contributed by atoms with E-state index in [1.165, 1.54) is 16.7 Å². The number of allylic oxidation sites excluding steroid dienone is 4. The molecule has 4 heteroatoms. The van der Waals surface area contributed by atoms with E-state index in [4.69, 9.17) is 16.3 Å². The Bertz CT molecular complexity index is 873. The van der Waals surface area contributed by atoms with Gasteiger partial charge < -0.3 is 10.1 Å². The van der Waals surface area contributed by atoms with E-state index in [0.29, 0.717) is 5.92 Å². The highest BCUT2D eigenvalue weighted by molar-refractivity contribution is 6.30. The third-order valence-electron chi connectivity index (χ3n) is 5.26. The molecule has 1 atom stereocenters. The SMILES string of the molecule is CCCCNc1cc(C2=C(c3cc(Cl)ccc3OC)C(CC)CC=C2)ccn1. The Morgan fingerprint density at radius 1 is 1.21 bits per heavy atom. The van der Waals surface area contributed by atoms with Crippen molar-refractivity contribution >= 4 is 28.6 Å². The highest BCUT2D eigenvalue weighted by atomic mass is 35.5. The lowest BCUT2D eigenvalue weighted by atomic mass is 9.79. The third kappa shape index (κ3) is 4.59. The fraction of sp³-hybridized carbons (Fsp3) is 0.375. The molecule has 1 aromatic heterocycles. The number of unbranched alkanes of at least 4 members (excludes halogenated alkanes) is 1. The van der Waals surface area contributed by atoms with Gasteiger partial charge in [0.1, 0.15) is 11.6 Å². The van der Waals surface area contributed by atoms with Crippen LogP contribution in [0.25, 0.3) is 11.1 Å². The van der Waals surface area contributed by atoms with E-state index in [-0.39, 0.29) is 0 Å². The Morgan fingerprint density at radius 3 is 2.82 bits per heavy atom. The van der Waals surface area contributed by atoms with Gasteiger partial charge in [-0.25, -0.2) is 4.98 Å². The van der Waals surface area contributed by atoms with Crippen molar-refractivity contribution in [3.63, 3.8) is 0 Å². The normalized spacial score (nSPS) is 16.4. The van der Waals surface area contributed by atoms with Gasteiger partial charge in [0.25, 0.3) is 0 Å². The minimum Gasteiger partial charge on any atom is -0.496 e. The number of hydrogen-bond donors (Lipinski definition) is 1. The first kappa shape index (κ1) is 20.5. The molecule has 0 amide bonds. The summed E-state index contributed by atoms with van der Waals surface area (Å²) in [6, 6.07) is 10.1. The maximum absolute atomic E-state index is 6.36. The van der Waals surface area contributed by atoms with Gasteiger partial charge >= 0.3 is 0 Å². The molecule has 0 fully saturated rings. The molecule has 1 N–H and O–H groups in total. The minimum atomic E-state index is 0.428. The summed E-state index contributed by atoms with van der Waals surface area (Å²) in [5.41, 5.74) is 4.77. The number of hydrogen-bond acceptors (Lipinski definition) is 3. The lowest BCUT2D eigenvalue weighted by Gasteiger charge is -2.26. The van der Waals surface area contributed by atoms with Gasteiger partial charge in [-0.05, 0) is 72.2 Å². The Hall–Kier alpha value is -2.26. The molecule has 148 valence electrons. The second-order valence-corrected chi connectivity index (χ2v) is 7.56. The zero-order valence-corrected chi connectivity index (χ0v) is 17.7. The van der Waals surface area contributed by atoms with Crippen molar-refractivity contribution in [3.05, 3.63) is 64.8 Å². The molecule has 1 aromatic carbocycles. The molecule has 2 aromatic rings. The van der Waals surface area contributed by atoms with Crippen molar-refractivity contribution in [1.82, 2.24) is 4.98 Å². The van der Waals surface area contributed by atoms with Gasteiger partial charge in [-0.1, -0.05) is 44.0 Å². The van der Waals surface area contributed by atoms with Gasteiger partial charge in [-0.3, -0.25) is 0 Å². The Kier molecular flexibility index (Phi) is 7.16. The minimum absolute atomic E-state index is 0.428. The zero-order chi connectivity index (χ0) is 19.9. The number of ether oxygens (including phenoxy) is 1. The molecule has 1 aliphatic rings. The number of nitrogens with zero attached hydrogens (tertiary/aromatic N) is 1. The number of aromatic nitrogens is 1.